The molecule has 0 spiro atoms. The molecule has 2 unspecified atom stereocenters. The second-order valence-corrected chi connectivity index (χ2v) is 5.34. The fraction of sp³-hybridized carbons (Fsp3) is 1.00. The van der Waals surface area contributed by atoms with Gasteiger partial charge in [0.15, 0.2) is 0 Å². The first-order chi connectivity index (χ1) is 9.07. The Balaban J connectivity index is 2.15. The zero-order valence-corrected chi connectivity index (χ0v) is 11.6. The van der Waals surface area contributed by atoms with Crippen LogP contribution in [0.2, 0.25) is 0 Å². The monoisotopic (exact) mass is 297 g/mol. The number of hydrogen-bond acceptors (Lipinski definition) is 8. The van der Waals surface area contributed by atoms with E-state index >= 15 is 0 Å². The average Bonchev–Trinajstić information content (AvgIpc) is 2.41. The summed E-state index contributed by atoms with van der Waals surface area (Å²) in [6.45, 7) is 1.59. The molecule has 19 heavy (non-hydrogen) atoms. The van der Waals surface area contributed by atoms with Crippen molar-refractivity contribution in [3.8, 4) is 0 Å². The Morgan fingerprint density at radius 1 is 1.11 bits per heavy atom. The third kappa shape index (κ3) is 5.52. The molecule has 0 aliphatic carbocycles. The van der Waals surface area contributed by atoms with Gasteiger partial charge in [-0.2, -0.15) is 11.8 Å². The van der Waals surface area contributed by atoms with Crippen molar-refractivity contribution in [2.75, 3.05) is 38.4 Å². The van der Waals surface area contributed by atoms with Gasteiger partial charge in [0.1, 0.15) is 12.2 Å². The van der Waals surface area contributed by atoms with Gasteiger partial charge in [-0.1, -0.05) is 0 Å². The minimum absolute atomic E-state index is 0.358. The molecule has 1 fully saturated rings. The van der Waals surface area contributed by atoms with Crippen molar-refractivity contribution in [3.05, 3.63) is 0 Å². The van der Waals surface area contributed by atoms with Gasteiger partial charge in [-0.05, 0) is 0 Å². The van der Waals surface area contributed by atoms with E-state index in [9.17, 15) is 20.4 Å². The van der Waals surface area contributed by atoms with Crippen LogP contribution in [0.1, 0.15) is 0 Å². The molecular formula is C11H21O7S-. The Bertz CT molecular complexity index is 243. The van der Waals surface area contributed by atoms with Crippen LogP contribution in [0.3, 0.4) is 0 Å². The molecule has 1 aliphatic rings. The molecule has 0 aromatic carbocycles. The largest absolute Gasteiger partial charge is 0.829 e. The Morgan fingerprint density at radius 2 is 1.84 bits per heavy atom. The highest BCUT2D eigenvalue weighted by Gasteiger charge is 2.38. The number of aliphatic hydroxyl groups is 3. The van der Waals surface area contributed by atoms with Gasteiger partial charge in [0.05, 0.1) is 32.0 Å². The number of aliphatic hydroxyl groups excluding tert-OH is 3. The summed E-state index contributed by atoms with van der Waals surface area (Å²) in [5.41, 5.74) is 0. The molecule has 8 heteroatoms. The summed E-state index contributed by atoms with van der Waals surface area (Å²) in [6, 6.07) is 0. The lowest BCUT2D eigenvalue weighted by atomic mass is 10.0. The number of hydrogen-bond donors (Lipinski definition) is 3. The van der Waals surface area contributed by atoms with Gasteiger partial charge in [-0.15, -0.1) is 0 Å². The van der Waals surface area contributed by atoms with E-state index in [2.05, 4.69) is 0 Å². The normalized spacial score (nSPS) is 35.5. The van der Waals surface area contributed by atoms with Crippen LogP contribution < -0.4 is 5.11 Å². The summed E-state index contributed by atoms with van der Waals surface area (Å²) in [4.78, 5) is 0. The van der Waals surface area contributed by atoms with E-state index in [1.165, 1.54) is 11.8 Å². The van der Waals surface area contributed by atoms with Crippen LogP contribution in [0.15, 0.2) is 0 Å². The van der Waals surface area contributed by atoms with Crippen molar-refractivity contribution in [1.82, 2.24) is 0 Å². The molecule has 3 N–H and O–H groups in total. The SMILES string of the molecule is COCCOCCSCC1O[C@@H]([O-])C(O)[C@@H](O)[C@H]1O. The van der Waals surface area contributed by atoms with Crippen molar-refractivity contribution >= 4 is 11.8 Å². The van der Waals surface area contributed by atoms with E-state index in [1.54, 1.807) is 7.11 Å². The summed E-state index contributed by atoms with van der Waals surface area (Å²) in [7, 11) is 1.60. The van der Waals surface area contributed by atoms with Gasteiger partial charge in [0.25, 0.3) is 0 Å². The van der Waals surface area contributed by atoms with Crippen LogP contribution in [0, 0.1) is 0 Å². The molecule has 0 bridgehead atoms. The Labute approximate surface area is 116 Å². The molecule has 5 atom stereocenters. The zero-order valence-electron chi connectivity index (χ0n) is 10.8. The van der Waals surface area contributed by atoms with E-state index < -0.39 is 30.7 Å². The second-order valence-electron chi connectivity index (χ2n) is 4.19. The third-order valence-electron chi connectivity index (χ3n) is 2.75. The average molecular weight is 297 g/mol. The first-order valence-electron chi connectivity index (χ1n) is 6.07. The molecule has 0 aromatic heterocycles. The predicted molar refractivity (Wildman–Crippen MR) is 66.7 cm³/mol. The number of methoxy groups -OCH3 is 1. The smallest absolute Gasteiger partial charge is 0.109 e. The Kier molecular flexibility index (Phi) is 8.19. The molecule has 7 nitrogen and oxygen atoms in total. The zero-order chi connectivity index (χ0) is 14.3. The third-order valence-corrected chi connectivity index (χ3v) is 3.77. The maximum atomic E-state index is 11.3. The molecule has 1 heterocycles. The van der Waals surface area contributed by atoms with Gasteiger partial charge in [0, 0.05) is 24.9 Å². The van der Waals surface area contributed by atoms with E-state index in [1.807, 2.05) is 0 Å². The second kappa shape index (κ2) is 9.09. The maximum absolute atomic E-state index is 11.3. The number of thioether (sulfide) groups is 1. The van der Waals surface area contributed by atoms with Crippen LogP contribution in [-0.4, -0.2) is 84.5 Å². The van der Waals surface area contributed by atoms with Crippen molar-refractivity contribution in [1.29, 1.82) is 0 Å². The topological polar surface area (TPSA) is 111 Å². The lowest BCUT2D eigenvalue weighted by Crippen LogP contribution is -2.62. The van der Waals surface area contributed by atoms with Crippen LogP contribution in [0.25, 0.3) is 0 Å². The minimum Gasteiger partial charge on any atom is -0.829 e. The van der Waals surface area contributed by atoms with Crippen LogP contribution in [0.5, 0.6) is 0 Å². The van der Waals surface area contributed by atoms with Gasteiger partial charge in [-0.3, -0.25) is 0 Å². The summed E-state index contributed by atoms with van der Waals surface area (Å²) in [5.74, 6) is 1.04. The summed E-state index contributed by atoms with van der Waals surface area (Å²) < 4.78 is 15.0. The minimum atomic E-state index is -1.72. The predicted octanol–water partition coefficient (Wildman–Crippen LogP) is -2.45. The molecule has 0 saturated carbocycles. The molecule has 0 aromatic rings. The van der Waals surface area contributed by atoms with Crippen LogP contribution in [-0.2, 0) is 14.2 Å². The Hall–Kier alpha value is 0.0700. The highest BCUT2D eigenvalue weighted by molar-refractivity contribution is 7.99. The lowest BCUT2D eigenvalue weighted by Gasteiger charge is -2.43. The summed E-state index contributed by atoms with van der Waals surface area (Å²) in [6.07, 6.45) is -6.79. The summed E-state index contributed by atoms with van der Waals surface area (Å²) in [5, 5.41) is 39.6. The molecule has 0 amide bonds. The van der Waals surface area contributed by atoms with Crippen molar-refractivity contribution in [2.24, 2.45) is 0 Å². The van der Waals surface area contributed by atoms with Gasteiger partial charge in [-0.25, -0.2) is 0 Å². The maximum Gasteiger partial charge on any atom is 0.109 e. The first kappa shape index (κ1) is 17.1. The summed E-state index contributed by atoms with van der Waals surface area (Å²) >= 11 is 1.44. The molecular weight excluding hydrogens is 276 g/mol. The van der Waals surface area contributed by atoms with Crippen molar-refractivity contribution in [2.45, 2.75) is 30.7 Å². The van der Waals surface area contributed by atoms with Gasteiger partial charge < -0.3 is 34.6 Å². The molecule has 114 valence electrons. The standard InChI is InChI=1S/C11H21O7S/c1-16-2-3-17-4-5-19-6-7-8(12)9(13)10(14)11(15)18-7/h7-14H,2-6H2,1H3/q-1/t7?,8-,9-,10?,11+/m0/s1. The molecule has 1 aliphatic heterocycles. The fourth-order valence-electron chi connectivity index (χ4n) is 1.62. The van der Waals surface area contributed by atoms with Crippen LogP contribution >= 0.6 is 11.8 Å². The highest BCUT2D eigenvalue weighted by Crippen LogP contribution is 2.21. The van der Waals surface area contributed by atoms with E-state index in [-0.39, 0.29) is 0 Å². The first-order valence-corrected chi connectivity index (χ1v) is 7.23. The van der Waals surface area contributed by atoms with Crippen LogP contribution in [0.4, 0.5) is 0 Å². The molecule has 0 radical (unpaired) electrons. The van der Waals surface area contributed by atoms with Gasteiger partial charge >= 0.3 is 0 Å². The van der Waals surface area contributed by atoms with Gasteiger partial charge in [0.2, 0.25) is 0 Å². The number of ether oxygens (including phenoxy) is 3. The van der Waals surface area contributed by atoms with Crippen molar-refractivity contribution < 1.29 is 34.6 Å². The lowest BCUT2D eigenvalue weighted by molar-refractivity contribution is -0.530. The van der Waals surface area contributed by atoms with E-state index in [0.717, 1.165) is 0 Å². The quantitative estimate of drug-likeness (QED) is 0.423. The Morgan fingerprint density at radius 3 is 2.53 bits per heavy atom. The highest BCUT2D eigenvalue weighted by atomic mass is 32.2. The molecule has 1 rings (SSSR count). The van der Waals surface area contributed by atoms with E-state index in [0.29, 0.717) is 31.3 Å². The number of rotatable bonds is 8. The van der Waals surface area contributed by atoms with Crippen molar-refractivity contribution in [3.63, 3.8) is 0 Å². The molecule has 1 saturated heterocycles. The van der Waals surface area contributed by atoms with E-state index in [4.69, 9.17) is 14.2 Å². The fourth-order valence-corrected chi connectivity index (χ4v) is 2.53.